The van der Waals surface area contributed by atoms with E-state index in [9.17, 15) is 9.59 Å². The highest BCUT2D eigenvalue weighted by Gasteiger charge is 2.22. The fraction of sp³-hybridized carbons (Fsp3) is 0.324. The summed E-state index contributed by atoms with van der Waals surface area (Å²) in [7, 11) is 3.55. The number of hydrogen-bond acceptors (Lipinski definition) is 8. The van der Waals surface area contributed by atoms with E-state index in [-0.39, 0.29) is 23.9 Å². The van der Waals surface area contributed by atoms with E-state index in [1.807, 2.05) is 72.3 Å². The van der Waals surface area contributed by atoms with Crippen molar-refractivity contribution in [2.24, 2.45) is 7.05 Å². The number of pyridine rings is 2. The number of halogens is 2. The average Bonchev–Trinajstić information content (AvgIpc) is 3.83. The topological polar surface area (TPSA) is 135 Å². The second kappa shape index (κ2) is 14.7. The number of hydrogen-bond donors (Lipinski definition) is 4. The zero-order chi connectivity index (χ0) is 34.8. The number of amides is 2. The number of ether oxygens (including phenoxy) is 1. The van der Waals surface area contributed by atoms with Crippen molar-refractivity contribution in [2.75, 3.05) is 20.2 Å². The molecule has 2 aliphatic heterocycles. The van der Waals surface area contributed by atoms with Gasteiger partial charge in [0, 0.05) is 79.4 Å². The van der Waals surface area contributed by atoms with E-state index in [1.54, 1.807) is 7.11 Å². The molecule has 3 aromatic heterocycles. The first-order valence-corrected chi connectivity index (χ1v) is 17.5. The van der Waals surface area contributed by atoms with Gasteiger partial charge in [-0.3, -0.25) is 9.59 Å². The molecule has 0 bridgehead atoms. The zero-order valence-electron chi connectivity index (χ0n) is 27.9. The van der Waals surface area contributed by atoms with Gasteiger partial charge in [0.1, 0.15) is 11.3 Å². The number of benzene rings is 2. The van der Waals surface area contributed by atoms with Crippen LogP contribution in [0.2, 0.25) is 10.0 Å². The number of nitrogens with zero attached hydrogens (tertiary/aromatic N) is 4. The van der Waals surface area contributed by atoms with Gasteiger partial charge in [-0.05, 0) is 31.0 Å². The van der Waals surface area contributed by atoms with E-state index in [1.165, 1.54) is 0 Å². The third-order valence-corrected chi connectivity index (χ3v) is 10.1. The van der Waals surface area contributed by atoms with Crippen LogP contribution in [-0.2, 0) is 29.7 Å². The number of carbonyl (C=O) groups excluding carboxylic acids is 2. The number of methoxy groups -OCH3 is 1. The lowest BCUT2D eigenvalue weighted by atomic mass is 9.98. The first-order chi connectivity index (χ1) is 24.3. The Kier molecular flexibility index (Phi) is 10.0. The Morgan fingerprint density at radius 1 is 0.760 bits per heavy atom. The van der Waals surface area contributed by atoms with E-state index < -0.39 is 0 Å². The number of fused-ring (bicyclic) bond motifs is 1. The summed E-state index contributed by atoms with van der Waals surface area (Å²) in [6.45, 7) is 2.48. The van der Waals surface area contributed by atoms with Gasteiger partial charge in [0.25, 0.3) is 0 Å². The summed E-state index contributed by atoms with van der Waals surface area (Å²) >= 11 is 14.2. The summed E-state index contributed by atoms with van der Waals surface area (Å²) in [5.74, 6) is 1.56. The maximum absolute atomic E-state index is 11.5. The van der Waals surface area contributed by atoms with Crippen LogP contribution >= 0.6 is 23.2 Å². The quantitative estimate of drug-likeness (QED) is 0.135. The monoisotopic (exact) mass is 712 g/mol. The number of carbonyl (C=O) groups is 2. The van der Waals surface area contributed by atoms with Crippen LogP contribution in [0, 0.1) is 0 Å². The third kappa shape index (κ3) is 7.04. The van der Waals surface area contributed by atoms with Gasteiger partial charge in [-0.2, -0.15) is 0 Å². The Balaban J connectivity index is 1.11. The second-order valence-electron chi connectivity index (χ2n) is 12.7. The number of rotatable bonds is 12. The molecule has 2 aromatic carbocycles. The minimum absolute atomic E-state index is 0.0996. The van der Waals surface area contributed by atoms with Crippen molar-refractivity contribution in [3.05, 3.63) is 82.1 Å². The minimum atomic E-state index is 0.0996. The van der Waals surface area contributed by atoms with Crippen LogP contribution in [0.3, 0.4) is 0 Å². The first kappa shape index (κ1) is 33.9. The predicted molar refractivity (Wildman–Crippen MR) is 195 cm³/mol. The molecule has 2 amide bonds. The fourth-order valence-electron chi connectivity index (χ4n) is 6.63. The van der Waals surface area contributed by atoms with Gasteiger partial charge in [0.05, 0.1) is 35.1 Å². The maximum Gasteiger partial charge on any atom is 0.220 e. The molecule has 4 N–H and O–H groups in total. The first-order valence-electron chi connectivity index (χ1n) is 16.7. The normalized spacial score (nSPS) is 17.4. The van der Waals surface area contributed by atoms with Gasteiger partial charge in [-0.25, -0.2) is 15.0 Å². The third-order valence-electron chi connectivity index (χ3n) is 9.33. The van der Waals surface area contributed by atoms with Crippen molar-refractivity contribution in [1.29, 1.82) is 0 Å². The van der Waals surface area contributed by atoms with Gasteiger partial charge >= 0.3 is 0 Å². The van der Waals surface area contributed by atoms with Crippen molar-refractivity contribution in [3.8, 4) is 39.5 Å². The SMILES string of the molecule is COc1nc(-c2cccc(-c3cccc(-c4ccc5nc(CNC[C@@H]6CCC(=O)N6)n(C)c5n4)c3Cl)c2Cl)ccc1CNC[C@H]1CCC(=O)N1. The highest BCUT2D eigenvalue weighted by molar-refractivity contribution is 6.39. The lowest BCUT2D eigenvalue weighted by molar-refractivity contribution is -0.120. The predicted octanol–water partition coefficient (Wildman–Crippen LogP) is 5.42. The molecule has 5 heterocycles. The summed E-state index contributed by atoms with van der Waals surface area (Å²) < 4.78 is 7.64. The van der Waals surface area contributed by atoms with Gasteiger partial charge in [-0.1, -0.05) is 65.7 Å². The molecule has 2 aliphatic rings. The molecule has 0 saturated carbocycles. The number of aromatic nitrogens is 4. The van der Waals surface area contributed by atoms with Crippen molar-refractivity contribution in [2.45, 2.75) is 50.9 Å². The highest BCUT2D eigenvalue weighted by Crippen LogP contribution is 2.42. The van der Waals surface area contributed by atoms with Crippen molar-refractivity contribution >= 4 is 46.2 Å². The molecule has 11 nitrogen and oxygen atoms in total. The molecule has 0 radical (unpaired) electrons. The molecule has 2 fully saturated rings. The molecule has 258 valence electrons. The molecule has 2 atom stereocenters. The summed E-state index contributed by atoms with van der Waals surface area (Å²) in [6, 6.07) is 19.8. The van der Waals surface area contributed by atoms with Crippen LogP contribution < -0.4 is 26.0 Å². The summed E-state index contributed by atoms with van der Waals surface area (Å²) in [5.41, 5.74) is 6.92. The van der Waals surface area contributed by atoms with Crippen LogP contribution in [0.1, 0.15) is 37.1 Å². The Morgan fingerprint density at radius 3 is 1.90 bits per heavy atom. The Hall–Kier alpha value is -4.55. The Bertz CT molecular complexity index is 2080. The zero-order valence-corrected chi connectivity index (χ0v) is 29.4. The largest absolute Gasteiger partial charge is 0.481 e. The second-order valence-corrected chi connectivity index (χ2v) is 13.4. The van der Waals surface area contributed by atoms with Crippen LogP contribution in [0.4, 0.5) is 0 Å². The summed E-state index contributed by atoms with van der Waals surface area (Å²) in [4.78, 5) is 37.6. The molecule has 2 saturated heterocycles. The Morgan fingerprint density at radius 2 is 1.32 bits per heavy atom. The van der Waals surface area contributed by atoms with Crippen LogP contribution in [0.5, 0.6) is 5.88 Å². The van der Waals surface area contributed by atoms with Crippen LogP contribution in [0.15, 0.2) is 60.7 Å². The van der Waals surface area contributed by atoms with E-state index >= 15 is 0 Å². The minimum Gasteiger partial charge on any atom is -0.481 e. The molecule has 0 spiro atoms. The lowest BCUT2D eigenvalue weighted by Gasteiger charge is -2.15. The van der Waals surface area contributed by atoms with E-state index in [0.29, 0.717) is 60.6 Å². The molecule has 50 heavy (non-hydrogen) atoms. The van der Waals surface area contributed by atoms with E-state index in [2.05, 4.69) is 21.3 Å². The maximum atomic E-state index is 11.5. The molecule has 0 unspecified atom stereocenters. The standard InChI is InChI=1S/C37H38Cl2N8O3/c1-47-31(20-41-19-23-11-16-33(49)43-23)44-30-14-13-28(45-36(30)47)26-7-3-5-24(34(26)38)25-6-4-8-27(35(25)39)29-12-9-21(37(46-29)50-2)17-40-18-22-10-15-32(48)42-22/h3-9,12-14,22-23,40-41H,10-11,15-20H2,1-2H3,(H,42,48)(H,43,49)/t22-,23+/m1/s1. The number of aryl methyl sites for hydroxylation is 1. The summed E-state index contributed by atoms with van der Waals surface area (Å²) in [5, 5.41) is 13.8. The van der Waals surface area contributed by atoms with Crippen LogP contribution in [0.25, 0.3) is 44.8 Å². The smallest absolute Gasteiger partial charge is 0.220 e. The van der Waals surface area contributed by atoms with Gasteiger partial charge in [-0.15, -0.1) is 0 Å². The molecule has 5 aromatic rings. The highest BCUT2D eigenvalue weighted by atomic mass is 35.5. The van der Waals surface area contributed by atoms with Gasteiger partial charge < -0.3 is 30.6 Å². The van der Waals surface area contributed by atoms with Crippen LogP contribution in [-0.4, -0.2) is 63.6 Å². The molecular weight excluding hydrogens is 675 g/mol. The number of nitrogens with one attached hydrogen (secondary N) is 4. The van der Waals surface area contributed by atoms with Crippen molar-refractivity contribution in [3.63, 3.8) is 0 Å². The Labute approximate surface area is 300 Å². The number of imidazole rings is 1. The lowest BCUT2D eigenvalue weighted by Crippen LogP contribution is -2.35. The molecular formula is C37H38Cl2N8O3. The summed E-state index contributed by atoms with van der Waals surface area (Å²) in [6.07, 6.45) is 2.83. The van der Waals surface area contributed by atoms with Gasteiger partial charge in [0.2, 0.25) is 17.7 Å². The van der Waals surface area contributed by atoms with Crippen molar-refractivity contribution < 1.29 is 14.3 Å². The molecule has 13 heteroatoms. The average molecular weight is 714 g/mol. The van der Waals surface area contributed by atoms with Gasteiger partial charge in [0.15, 0.2) is 5.65 Å². The molecule has 0 aliphatic carbocycles. The fourth-order valence-corrected chi connectivity index (χ4v) is 7.28. The molecule has 7 rings (SSSR count). The van der Waals surface area contributed by atoms with Crippen molar-refractivity contribution in [1.82, 2.24) is 40.8 Å². The van der Waals surface area contributed by atoms with E-state index in [4.69, 9.17) is 42.9 Å². The van der Waals surface area contributed by atoms with E-state index in [0.717, 1.165) is 63.3 Å².